The Morgan fingerprint density at radius 2 is 0.798 bits per heavy atom. The van der Waals surface area contributed by atoms with Gasteiger partial charge in [-0.3, -0.25) is 20.2 Å². The summed E-state index contributed by atoms with van der Waals surface area (Å²) in [5.41, 5.74) is 15.3. The molecular formula is C74H90F2N8O5S4Si. The van der Waals surface area contributed by atoms with E-state index in [0.717, 1.165) is 75.7 Å². The van der Waals surface area contributed by atoms with Gasteiger partial charge in [-0.1, -0.05) is 101 Å². The van der Waals surface area contributed by atoms with Crippen molar-refractivity contribution in [3.05, 3.63) is 294 Å². The van der Waals surface area contributed by atoms with Crippen molar-refractivity contribution in [2.24, 2.45) is 0 Å². The van der Waals surface area contributed by atoms with Crippen molar-refractivity contribution in [1.29, 1.82) is 0 Å². The molecule has 13 aromatic rings. The number of nitro benzene ring substituents is 2. The van der Waals surface area contributed by atoms with Crippen LogP contribution >= 0.6 is 48.2 Å². The van der Waals surface area contributed by atoms with E-state index >= 15 is 0 Å². The molecular weight excluding hydrogens is 1280 g/mol. The number of thioether (sulfide) groups is 1. The summed E-state index contributed by atoms with van der Waals surface area (Å²) in [6, 6.07) is 57.5. The molecule has 3 N–H and O–H groups in total. The van der Waals surface area contributed by atoms with E-state index in [2.05, 4.69) is 196 Å². The number of hydrogen-bond donors (Lipinski definition) is 4. The largest absolute Gasteiger partial charge is 0.506 e. The second-order valence-electron chi connectivity index (χ2n) is 20.7. The fourth-order valence-electron chi connectivity index (χ4n) is 8.19. The number of nitro groups is 2. The molecule has 3 aromatic carbocycles. The normalized spacial score (nSPS) is 10.1. The number of aromatic nitrogens is 5. The SMILES string of the molecule is CC.CC.CC.CC(C)Sc1ccc2cccn2c1.CC(C)[SiH](S)C(C)C.Cc1ccc2cccn2c1.Nc1ccc(Sc2ccc3cccn3c2)cc1.O=[N+]([O-])c1ccc(F)cc1.O=[N+]([O-])c1ccc(F)cc1.Oc1ccc2cccn2c1.Sc1ccc2cccn2c1. The summed E-state index contributed by atoms with van der Waals surface area (Å²) in [6.45, 7) is 27.6. The van der Waals surface area contributed by atoms with Gasteiger partial charge < -0.3 is 32.8 Å². The Bertz CT molecular complexity index is 3990. The lowest BCUT2D eigenvalue weighted by atomic mass is 10.3. The summed E-state index contributed by atoms with van der Waals surface area (Å²) in [6.07, 6.45) is 20.2. The number of aryl methyl sites for hydroxylation is 1. The van der Waals surface area contributed by atoms with E-state index in [1.54, 1.807) is 24.0 Å². The highest BCUT2D eigenvalue weighted by Crippen LogP contribution is 2.29. The van der Waals surface area contributed by atoms with Gasteiger partial charge in [0, 0.05) is 138 Å². The lowest BCUT2D eigenvalue weighted by Gasteiger charge is -2.15. The molecule has 0 atom stereocenters. The molecule has 0 unspecified atom stereocenters. The quantitative estimate of drug-likeness (QED) is 0.0293. The first kappa shape index (κ1) is 79.6. The minimum absolute atomic E-state index is 0.0959. The highest BCUT2D eigenvalue weighted by atomic mass is 32.3. The van der Waals surface area contributed by atoms with Crippen LogP contribution < -0.4 is 5.73 Å². The zero-order chi connectivity index (χ0) is 69.7. The van der Waals surface area contributed by atoms with Gasteiger partial charge in [0.1, 0.15) is 25.3 Å². The van der Waals surface area contributed by atoms with Crippen molar-refractivity contribution >= 4 is 101 Å². The Kier molecular flexibility index (Phi) is 36.6. The van der Waals surface area contributed by atoms with Crippen LogP contribution in [0.1, 0.15) is 88.6 Å². The fraction of sp³-hybridized carbons (Fsp3) is 0.216. The molecule has 0 spiro atoms. The predicted octanol–water partition coefficient (Wildman–Crippen LogP) is 22.2. The molecule has 13 rings (SSSR count). The summed E-state index contributed by atoms with van der Waals surface area (Å²) in [5, 5.41) is 29.7. The third kappa shape index (κ3) is 28.7. The number of rotatable bonds is 8. The standard InChI is InChI=1S/C14H12N2S.C11H13NS.C9H9N.C8H7NO.C8H7NS.2C6H4FNO2.C6H16SSi.3C2H6/c15-11-3-6-13(7-4-11)17-14-8-5-12-2-1-9-16(12)10-14;1-9(2)13-11-6-5-10-4-3-7-12(10)8-11;1-8-4-5-9-3-2-6-10(9)7-8;2*10-8-4-3-7-2-1-5-9(7)6-8;2*7-5-1-3-6(4-2-5)8(9)10;1-5(2)8(7)6(3)4;3*1-2/h1-10H,15H2;3-9H,1-2H3;2-7H,1H3;2*1-6,10H;2*1-4H;5-8H,1-4H3;3*1-2H3. The van der Waals surface area contributed by atoms with E-state index in [1.807, 2.05) is 147 Å². The Hall–Kier alpha value is -8.66. The van der Waals surface area contributed by atoms with Gasteiger partial charge in [0.25, 0.3) is 11.4 Å². The van der Waals surface area contributed by atoms with Gasteiger partial charge in [-0.15, -0.1) is 24.4 Å². The van der Waals surface area contributed by atoms with Crippen LogP contribution in [0.25, 0.3) is 27.6 Å². The first-order chi connectivity index (χ1) is 45.1. The van der Waals surface area contributed by atoms with Gasteiger partial charge >= 0.3 is 0 Å². The number of hydrogen-bond acceptors (Lipinski definition) is 10. The molecule has 0 radical (unpaired) electrons. The number of fused-ring (bicyclic) bond motifs is 5. The number of non-ortho nitro benzene ring substituents is 2. The Morgan fingerprint density at radius 3 is 1.19 bits per heavy atom. The van der Waals surface area contributed by atoms with Crippen LogP contribution in [0, 0.1) is 38.8 Å². The Labute approximate surface area is 573 Å². The van der Waals surface area contributed by atoms with Crippen LogP contribution in [0.15, 0.2) is 276 Å². The number of anilines is 1. The number of thiol groups is 2. The van der Waals surface area contributed by atoms with Crippen LogP contribution in [-0.2, 0) is 0 Å². The first-order valence-corrected chi connectivity index (χ1v) is 36.5. The molecule has 10 aromatic heterocycles. The van der Waals surface area contributed by atoms with E-state index < -0.39 is 29.4 Å². The van der Waals surface area contributed by atoms with E-state index in [9.17, 15) is 29.0 Å². The average molecular weight is 1370 g/mol. The number of benzene rings is 3. The van der Waals surface area contributed by atoms with Crippen LogP contribution in [0.4, 0.5) is 25.8 Å². The van der Waals surface area contributed by atoms with Gasteiger partial charge in [0.2, 0.25) is 0 Å². The van der Waals surface area contributed by atoms with E-state index in [0.29, 0.717) is 11.0 Å². The predicted molar refractivity (Wildman–Crippen MR) is 403 cm³/mol. The molecule has 13 nitrogen and oxygen atoms in total. The second-order valence-corrected chi connectivity index (χ2v) is 29.4. The van der Waals surface area contributed by atoms with Gasteiger partial charge in [-0.2, -0.15) is 0 Å². The second kappa shape index (κ2) is 43.3. The fourth-order valence-corrected chi connectivity index (χ4v) is 11.6. The van der Waals surface area contributed by atoms with E-state index in [-0.39, 0.29) is 11.4 Å². The topological polar surface area (TPSA) is 155 Å². The van der Waals surface area contributed by atoms with E-state index in [4.69, 9.17) is 10.8 Å². The van der Waals surface area contributed by atoms with Crippen LogP contribution in [0.2, 0.25) is 11.1 Å². The summed E-state index contributed by atoms with van der Waals surface area (Å²) in [7, 11) is -0.654. The van der Waals surface area contributed by atoms with Crippen molar-refractivity contribution in [3.8, 4) is 5.75 Å². The molecule has 0 saturated heterocycles. The molecule has 0 aliphatic heterocycles. The molecule has 0 aliphatic carbocycles. The van der Waals surface area contributed by atoms with Gasteiger partial charge in [0.15, 0.2) is 0 Å². The number of nitrogens with two attached hydrogens (primary N) is 1. The number of halogens is 2. The number of pyridine rings is 5. The molecule has 0 saturated carbocycles. The molecule has 20 heteroatoms. The van der Waals surface area contributed by atoms with Crippen LogP contribution in [0.3, 0.4) is 0 Å². The molecule has 94 heavy (non-hydrogen) atoms. The van der Waals surface area contributed by atoms with Crippen molar-refractivity contribution in [3.63, 3.8) is 0 Å². The van der Waals surface area contributed by atoms with Gasteiger partial charge in [-0.05, 0) is 187 Å². The monoisotopic (exact) mass is 1360 g/mol. The molecule has 498 valence electrons. The smallest absolute Gasteiger partial charge is 0.269 e. The highest BCUT2D eigenvalue weighted by Gasteiger charge is 2.13. The first-order valence-electron chi connectivity index (χ1n) is 31.0. The van der Waals surface area contributed by atoms with Crippen molar-refractivity contribution in [1.82, 2.24) is 22.0 Å². The zero-order valence-electron chi connectivity index (χ0n) is 55.8. The van der Waals surface area contributed by atoms with Gasteiger partial charge in [0.05, 0.1) is 16.0 Å². The van der Waals surface area contributed by atoms with Crippen molar-refractivity contribution < 1.29 is 23.7 Å². The van der Waals surface area contributed by atoms with E-state index in [1.165, 1.54) is 42.3 Å². The lowest BCUT2D eigenvalue weighted by molar-refractivity contribution is -0.385. The lowest BCUT2D eigenvalue weighted by Crippen LogP contribution is -2.12. The van der Waals surface area contributed by atoms with Crippen LogP contribution in [0.5, 0.6) is 5.75 Å². The maximum absolute atomic E-state index is 12.1. The number of nitrogen functional groups attached to an aromatic ring is 1. The maximum atomic E-state index is 12.1. The molecule has 0 bridgehead atoms. The highest BCUT2D eigenvalue weighted by molar-refractivity contribution is 8.10. The molecule has 0 amide bonds. The third-order valence-corrected chi connectivity index (χ3v) is 21.2. The minimum atomic E-state index is -0.654. The maximum Gasteiger partial charge on any atom is 0.269 e. The number of nitrogens with zero attached hydrogens (tertiary/aromatic N) is 7. The minimum Gasteiger partial charge on any atom is -0.506 e. The molecule has 0 fully saturated rings. The van der Waals surface area contributed by atoms with Crippen molar-refractivity contribution in [2.75, 3.05) is 5.73 Å². The zero-order valence-corrected chi connectivity index (χ0v) is 60.4. The van der Waals surface area contributed by atoms with Crippen LogP contribution in [-0.4, -0.2) is 50.2 Å². The summed E-state index contributed by atoms with van der Waals surface area (Å²) in [4.78, 5) is 23.6. The Balaban J connectivity index is 0.000000279. The average Bonchev–Trinajstić information content (AvgIpc) is 1.77. The molecule has 0 aliphatic rings. The van der Waals surface area contributed by atoms with Gasteiger partial charge in [-0.25, -0.2) is 20.9 Å². The van der Waals surface area contributed by atoms with Crippen molar-refractivity contribution in [2.45, 2.75) is 126 Å². The third-order valence-electron chi connectivity index (χ3n) is 12.6. The molecule has 10 heterocycles. The summed E-state index contributed by atoms with van der Waals surface area (Å²) < 4.78 is 34.6. The summed E-state index contributed by atoms with van der Waals surface area (Å²) in [5.74, 6) is -0.639. The summed E-state index contributed by atoms with van der Waals surface area (Å²) >= 11 is 12.4. The number of aromatic hydroxyl groups is 1. The Morgan fingerprint density at radius 1 is 0.457 bits per heavy atom.